The Kier molecular flexibility index (Phi) is 3.52. The molecule has 0 radical (unpaired) electrons. The first-order valence-electron chi connectivity index (χ1n) is 5.91. The molecule has 2 unspecified atom stereocenters. The van der Waals surface area contributed by atoms with Crippen LogP contribution >= 0.6 is 0 Å². The van der Waals surface area contributed by atoms with E-state index in [1.165, 1.54) is 12.1 Å². The van der Waals surface area contributed by atoms with Gasteiger partial charge in [-0.05, 0) is 25.1 Å². The second-order valence-electron chi connectivity index (χ2n) is 4.66. The molecule has 4 nitrogen and oxygen atoms in total. The van der Waals surface area contributed by atoms with E-state index in [-0.39, 0.29) is 11.9 Å². The van der Waals surface area contributed by atoms with Gasteiger partial charge in [0.05, 0.1) is 6.10 Å². The van der Waals surface area contributed by atoms with Crippen LogP contribution in [0.25, 0.3) is 0 Å². The fourth-order valence-electron chi connectivity index (χ4n) is 2.29. The maximum atomic E-state index is 13.1. The molecule has 0 bridgehead atoms. The van der Waals surface area contributed by atoms with E-state index < -0.39 is 11.5 Å². The lowest BCUT2D eigenvalue weighted by molar-refractivity contribution is -0.147. The molecular weight excluding hydrogens is 237 g/mol. The van der Waals surface area contributed by atoms with E-state index in [4.69, 9.17) is 4.74 Å². The molecule has 0 aliphatic carbocycles. The first-order chi connectivity index (χ1) is 8.52. The lowest BCUT2D eigenvalue weighted by Crippen LogP contribution is -2.52. The van der Waals surface area contributed by atoms with E-state index in [2.05, 4.69) is 5.32 Å². The number of rotatable bonds is 3. The second-order valence-corrected chi connectivity index (χ2v) is 4.66. The average Bonchev–Trinajstić information content (AvgIpc) is 2.28. The molecule has 1 heterocycles. The highest BCUT2D eigenvalue weighted by molar-refractivity contribution is 5.83. The minimum absolute atomic E-state index is 0.129. The van der Waals surface area contributed by atoms with Gasteiger partial charge in [0, 0.05) is 25.1 Å². The summed E-state index contributed by atoms with van der Waals surface area (Å²) in [6, 6.07) is 5.83. The minimum atomic E-state index is -1.08. The van der Waals surface area contributed by atoms with Gasteiger partial charge in [0.1, 0.15) is 11.4 Å². The van der Waals surface area contributed by atoms with Gasteiger partial charge in [-0.15, -0.1) is 0 Å². The number of carboxylic acid groups (broad SMARTS) is 1. The molecule has 1 aromatic rings. The summed E-state index contributed by atoms with van der Waals surface area (Å²) < 4.78 is 18.5. The van der Waals surface area contributed by atoms with Gasteiger partial charge in [-0.25, -0.2) is 9.18 Å². The SMILES string of the molecule is CC1CC(Nc2cccc(F)c2)(C(=O)O)CCO1. The first kappa shape index (κ1) is 12.8. The van der Waals surface area contributed by atoms with Crippen LogP contribution in [0.4, 0.5) is 10.1 Å². The van der Waals surface area contributed by atoms with Crippen molar-refractivity contribution < 1.29 is 19.0 Å². The van der Waals surface area contributed by atoms with Gasteiger partial charge in [-0.2, -0.15) is 0 Å². The summed E-state index contributed by atoms with van der Waals surface area (Å²) >= 11 is 0. The number of hydrogen-bond donors (Lipinski definition) is 2. The van der Waals surface area contributed by atoms with E-state index >= 15 is 0 Å². The number of carboxylic acids is 1. The Morgan fingerprint density at radius 2 is 2.39 bits per heavy atom. The van der Waals surface area contributed by atoms with Gasteiger partial charge in [-0.1, -0.05) is 6.07 Å². The highest BCUT2D eigenvalue weighted by atomic mass is 19.1. The van der Waals surface area contributed by atoms with Crippen LogP contribution in [-0.2, 0) is 9.53 Å². The van der Waals surface area contributed by atoms with Crippen molar-refractivity contribution >= 4 is 11.7 Å². The topological polar surface area (TPSA) is 58.6 Å². The first-order valence-corrected chi connectivity index (χ1v) is 5.91. The lowest BCUT2D eigenvalue weighted by Gasteiger charge is -2.37. The van der Waals surface area contributed by atoms with Crippen LogP contribution < -0.4 is 5.32 Å². The number of benzene rings is 1. The molecular formula is C13H16FNO3. The summed E-state index contributed by atoms with van der Waals surface area (Å²) in [5, 5.41) is 12.4. The number of hydrogen-bond acceptors (Lipinski definition) is 3. The predicted molar refractivity (Wildman–Crippen MR) is 65.0 cm³/mol. The fraction of sp³-hybridized carbons (Fsp3) is 0.462. The Balaban J connectivity index is 2.23. The van der Waals surface area contributed by atoms with E-state index in [1.807, 2.05) is 6.92 Å². The Labute approximate surface area is 105 Å². The molecule has 1 aliphatic rings. The summed E-state index contributed by atoms with van der Waals surface area (Å²) in [7, 11) is 0. The standard InChI is InChI=1S/C13H16FNO3/c1-9-8-13(12(16)17,5-6-18-9)15-11-4-2-3-10(14)7-11/h2-4,7,9,15H,5-6,8H2,1H3,(H,16,17). The van der Waals surface area contributed by atoms with Gasteiger partial charge in [0.15, 0.2) is 0 Å². The minimum Gasteiger partial charge on any atom is -0.480 e. The van der Waals surface area contributed by atoms with Gasteiger partial charge < -0.3 is 15.2 Å². The van der Waals surface area contributed by atoms with Crippen molar-refractivity contribution in [3.05, 3.63) is 30.1 Å². The number of halogens is 1. The van der Waals surface area contributed by atoms with Gasteiger partial charge in [-0.3, -0.25) is 0 Å². The molecule has 1 aromatic carbocycles. The number of anilines is 1. The van der Waals surface area contributed by atoms with E-state index in [9.17, 15) is 14.3 Å². The molecule has 18 heavy (non-hydrogen) atoms. The van der Waals surface area contributed by atoms with E-state index in [0.717, 1.165) is 0 Å². The third-order valence-corrected chi connectivity index (χ3v) is 3.18. The number of nitrogens with one attached hydrogen (secondary N) is 1. The van der Waals surface area contributed by atoms with Crippen LogP contribution in [0, 0.1) is 5.82 Å². The van der Waals surface area contributed by atoms with Crippen molar-refractivity contribution in [1.82, 2.24) is 0 Å². The van der Waals surface area contributed by atoms with Crippen molar-refractivity contribution in [1.29, 1.82) is 0 Å². The molecule has 1 aliphatic heterocycles. The molecule has 2 N–H and O–H groups in total. The highest BCUT2D eigenvalue weighted by Gasteiger charge is 2.42. The molecule has 0 amide bonds. The normalized spacial score (nSPS) is 27.8. The number of aliphatic carboxylic acids is 1. The molecule has 1 fully saturated rings. The maximum Gasteiger partial charge on any atom is 0.329 e. The van der Waals surface area contributed by atoms with Crippen molar-refractivity contribution in [2.45, 2.75) is 31.4 Å². The average molecular weight is 253 g/mol. The molecule has 2 atom stereocenters. The van der Waals surface area contributed by atoms with Crippen LogP contribution in [0.15, 0.2) is 24.3 Å². The van der Waals surface area contributed by atoms with Gasteiger partial charge in [0.25, 0.3) is 0 Å². The zero-order chi connectivity index (χ0) is 13.2. The van der Waals surface area contributed by atoms with Crippen LogP contribution in [0.1, 0.15) is 19.8 Å². The Morgan fingerprint density at radius 3 is 3.00 bits per heavy atom. The molecule has 1 saturated heterocycles. The largest absolute Gasteiger partial charge is 0.480 e. The summed E-state index contributed by atoms with van der Waals surface area (Å²) in [6.45, 7) is 2.22. The summed E-state index contributed by atoms with van der Waals surface area (Å²) in [5.74, 6) is -1.32. The molecule has 98 valence electrons. The maximum absolute atomic E-state index is 13.1. The van der Waals surface area contributed by atoms with Crippen LogP contribution in [0.5, 0.6) is 0 Å². The monoisotopic (exact) mass is 253 g/mol. The molecule has 2 rings (SSSR count). The number of carbonyl (C=O) groups is 1. The zero-order valence-corrected chi connectivity index (χ0v) is 10.1. The quantitative estimate of drug-likeness (QED) is 0.867. The van der Waals surface area contributed by atoms with Gasteiger partial charge in [0.2, 0.25) is 0 Å². The Bertz CT molecular complexity index is 452. The number of ether oxygens (including phenoxy) is 1. The molecule has 0 aromatic heterocycles. The van der Waals surface area contributed by atoms with Crippen molar-refractivity contribution in [2.24, 2.45) is 0 Å². The zero-order valence-electron chi connectivity index (χ0n) is 10.1. The molecule has 0 spiro atoms. The Morgan fingerprint density at radius 1 is 1.61 bits per heavy atom. The van der Waals surface area contributed by atoms with Crippen LogP contribution in [-0.4, -0.2) is 29.3 Å². The summed E-state index contributed by atoms with van der Waals surface area (Å²) in [5.41, 5.74) is -0.600. The predicted octanol–water partition coefficient (Wildman–Crippen LogP) is 2.26. The van der Waals surface area contributed by atoms with Crippen molar-refractivity contribution in [3.63, 3.8) is 0 Å². The molecule has 5 heteroatoms. The third kappa shape index (κ3) is 2.61. The highest BCUT2D eigenvalue weighted by Crippen LogP contribution is 2.29. The summed E-state index contributed by atoms with van der Waals surface area (Å²) in [6.07, 6.45) is 0.595. The van der Waals surface area contributed by atoms with E-state index in [1.54, 1.807) is 12.1 Å². The summed E-state index contributed by atoms with van der Waals surface area (Å²) in [4.78, 5) is 11.5. The van der Waals surface area contributed by atoms with Crippen LogP contribution in [0.2, 0.25) is 0 Å². The van der Waals surface area contributed by atoms with Crippen molar-refractivity contribution in [3.8, 4) is 0 Å². The fourth-order valence-corrected chi connectivity index (χ4v) is 2.29. The van der Waals surface area contributed by atoms with E-state index in [0.29, 0.717) is 25.1 Å². The smallest absolute Gasteiger partial charge is 0.329 e. The third-order valence-electron chi connectivity index (χ3n) is 3.18. The van der Waals surface area contributed by atoms with Crippen LogP contribution in [0.3, 0.4) is 0 Å². The van der Waals surface area contributed by atoms with Gasteiger partial charge >= 0.3 is 5.97 Å². The molecule has 0 saturated carbocycles. The Hall–Kier alpha value is -1.62. The van der Waals surface area contributed by atoms with Crippen molar-refractivity contribution in [2.75, 3.05) is 11.9 Å². The lowest BCUT2D eigenvalue weighted by atomic mass is 9.86. The second kappa shape index (κ2) is 4.94.